The fourth-order valence-electron chi connectivity index (χ4n) is 11.7. The largest absolute Gasteiger partial charge is 0.310 e. The smallest absolute Gasteiger partial charge is 0.0547 e. The lowest BCUT2D eigenvalue weighted by molar-refractivity contribution is 0.443. The summed E-state index contributed by atoms with van der Waals surface area (Å²) in [5, 5.41) is 2.60. The number of fused-ring (bicyclic) bond motifs is 6. The predicted octanol–water partition coefficient (Wildman–Crippen LogP) is 17.3. The second-order valence-corrected chi connectivity index (χ2v) is 19.3. The lowest BCUT2D eigenvalue weighted by atomic mass is 9.82. The van der Waals surface area contributed by atoms with Gasteiger partial charge in [-0.05, 0) is 161 Å². The van der Waals surface area contributed by atoms with Crippen LogP contribution >= 0.6 is 0 Å². The molecule has 8 aromatic rings. The van der Waals surface area contributed by atoms with Crippen LogP contribution in [-0.2, 0) is 11.8 Å². The number of aromatic nitrogens is 1. The van der Waals surface area contributed by atoms with Crippen LogP contribution < -0.4 is 4.90 Å². The molecule has 0 atom stereocenters. The van der Waals surface area contributed by atoms with Crippen LogP contribution in [0.3, 0.4) is 0 Å². The highest BCUT2D eigenvalue weighted by molar-refractivity contribution is 6.12. The normalized spacial score (nSPS) is 16.4. The average Bonchev–Trinajstić information content (AvgIpc) is 3.76. The van der Waals surface area contributed by atoms with Crippen molar-refractivity contribution in [2.75, 3.05) is 4.90 Å². The summed E-state index contributed by atoms with van der Waals surface area (Å²) in [5.74, 6) is 1.37. The van der Waals surface area contributed by atoms with E-state index in [2.05, 4.69) is 182 Å². The fourth-order valence-corrected chi connectivity index (χ4v) is 11.7. The maximum Gasteiger partial charge on any atom is 0.0547 e. The van der Waals surface area contributed by atoms with Gasteiger partial charge in [0.2, 0.25) is 0 Å². The molecule has 310 valence electrons. The molecule has 3 aliphatic rings. The Hall–Kier alpha value is -5.86. The van der Waals surface area contributed by atoms with Crippen molar-refractivity contribution in [2.24, 2.45) is 0 Å². The van der Waals surface area contributed by atoms with Crippen molar-refractivity contribution in [3.63, 3.8) is 0 Å². The zero-order chi connectivity index (χ0) is 41.8. The van der Waals surface area contributed by atoms with Crippen molar-refractivity contribution >= 4 is 38.9 Å². The third kappa shape index (κ3) is 6.87. The summed E-state index contributed by atoms with van der Waals surface area (Å²) in [5.41, 5.74) is 19.7. The lowest BCUT2D eigenvalue weighted by Gasteiger charge is -2.28. The number of hydrogen-bond donors (Lipinski definition) is 0. The van der Waals surface area contributed by atoms with Crippen molar-refractivity contribution in [3.8, 4) is 27.9 Å². The highest BCUT2D eigenvalue weighted by Crippen LogP contribution is 2.51. The molecule has 0 N–H and O–H groups in total. The maximum absolute atomic E-state index is 2.53. The van der Waals surface area contributed by atoms with Gasteiger partial charge in [0, 0.05) is 38.9 Å². The SMILES string of the molecule is CCCc1ccc(-n2c3cc(-c4cccc(N(c5ccc(C6CCCCC6)cc5)c5ccc(C6CCCCC6)cc5)c4)ccc3c3cc4c(cc32)C(C)(C)c2ccccc2-4)cc1. The number of aryl methyl sites for hydroxylation is 1. The van der Waals surface area contributed by atoms with Crippen LogP contribution in [0.1, 0.15) is 131 Å². The summed E-state index contributed by atoms with van der Waals surface area (Å²) < 4.78 is 2.53. The Labute approximate surface area is 369 Å². The molecule has 0 amide bonds. The molecule has 2 saturated carbocycles. The van der Waals surface area contributed by atoms with Crippen molar-refractivity contribution < 1.29 is 0 Å². The van der Waals surface area contributed by atoms with Gasteiger partial charge in [0.25, 0.3) is 0 Å². The van der Waals surface area contributed by atoms with Gasteiger partial charge >= 0.3 is 0 Å². The van der Waals surface area contributed by atoms with E-state index in [0.717, 1.165) is 12.8 Å². The Morgan fingerprint density at radius 1 is 0.500 bits per heavy atom. The molecule has 0 spiro atoms. The molecular weight excluding hydrogens is 749 g/mol. The molecule has 0 unspecified atom stereocenters. The molecule has 1 aromatic heterocycles. The zero-order valence-electron chi connectivity index (χ0n) is 37.0. The highest BCUT2D eigenvalue weighted by Gasteiger charge is 2.36. The van der Waals surface area contributed by atoms with E-state index in [9.17, 15) is 0 Å². The van der Waals surface area contributed by atoms with E-state index in [1.807, 2.05) is 0 Å². The van der Waals surface area contributed by atoms with Crippen molar-refractivity contribution in [1.82, 2.24) is 4.57 Å². The second kappa shape index (κ2) is 16.1. The van der Waals surface area contributed by atoms with E-state index in [4.69, 9.17) is 0 Å². The molecule has 2 heteroatoms. The van der Waals surface area contributed by atoms with Gasteiger partial charge in [0.05, 0.1) is 11.0 Å². The number of hydrogen-bond acceptors (Lipinski definition) is 1. The standard InChI is InChI=1S/C60H60N2/c1-4-14-41-23-30-50(31-24-41)62-58-38-47(29-36-53(58)55-39-54-52-21-11-12-22-56(52)60(2,3)57(54)40-59(55)62)46-19-13-20-51(37-46)61(48-32-25-44(26-33-48)42-15-7-5-8-16-42)49-34-27-45(28-35-49)43-17-9-6-10-18-43/h11-13,19-40,42-43H,4-10,14-18H2,1-3H3. The molecule has 7 aromatic carbocycles. The van der Waals surface area contributed by atoms with Gasteiger partial charge in [0.1, 0.15) is 0 Å². The van der Waals surface area contributed by atoms with Gasteiger partial charge < -0.3 is 9.47 Å². The first-order chi connectivity index (χ1) is 30.4. The van der Waals surface area contributed by atoms with E-state index in [1.54, 1.807) is 0 Å². The Balaban J connectivity index is 1.03. The first kappa shape index (κ1) is 39.0. The molecule has 2 nitrogen and oxygen atoms in total. The van der Waals surface area contributed by atoms with Crippen LogP contribution in [0.25, 0.3) is 49.7 Å². The number of anilines is 3. The van der Waals surface area contributed by atoms with Crippen LogP contribution in [-0.4, -0.2) is 4.57 Å². The summed E-state index contributed by atoms with van der Waals surface area (Å²) in [4.78, 5) is 2.48. The van der Waals surface area contributed by atoms with E-state index in [1.165, 1.54) is 159 Å². The Morgan fingerprint density at radius 3 is 1.76 bits per heavy atom. The monoisotopic (exact) mass is 808 g/mol. The van der Waals surface area contributed by atoms with Crippen LogP contribution in [0.4, 0.5) is 17.1 Å². The predicted molar refractivity (Wildman–Crippen MR) is 264 cm³/mol. The average molecular weight is 809 g/mol. The third-order valence-corrected chi connectivity index (χ3v) is 15.1. The van der Waals surface area contributed by atoms with Crippen LogP contribution in [0.2, 0.25) is 0 Å². The summed E-state index contributed by atoms with van der Waals surface area (Å²) in [6, 6.07) is 58.9. The summed E-state index contributed by atoms with van der Waals surface area (Å²) in [6.07, 6.45) is 15.7. The first-order valence-electron chi connectivity index (χ1n) is 23.9. The van der Waals surface area contributed by atoms with Crippen LogP contribution in [0.15, 0.2) is 152 Å². The molecule has 1 heterocycles. The number of rotatable bonds is 9. The second-order valence-electron chi connectivity index (χ2n) is 19.3. The molecule has 62 heavy (non-hydrogen) atoms. The first-order valence-corrected chi connectivity index (χ1v) is 23.9. The van der Waals surface area contributed by atoms with Gasteiger partial charge in [0.15, 0.2) is 0 Å². The van der Waals surface area contributed by atoms with E-state index in [0.29, 0.717) is 11.8 Å². The molecule has 0 saturated heterocycles. The quantitative estimate of drug-likeness (QED) is 0.141. The van der Waals surface area contributed by atoms with Crippen molar-refractivity contribution in [2.45, 2.75) is 115 Å². The van der Waals surface area contributed by atoms with Gasteiger partial charge in [-0.3, -0.25) is 0 Å². The van der Waals surface area contributed by atoms with Crippen molar-refractivity contribution in [1.29, 1.82) is 0 Å². The Kier molecular flexibility index (Phi) is 10.1. The minimum Gasteiger partial charge on any atom is -0.310 e. The van der Waals surface area contributed by atoms with Gasteiger partial charge in [-0.2, -0.15) is 0 Å². The Bertz CT molecular complexity index is 2820. The summed E-state index contributed by atoms with van der Waals surface area (Å²) in [7, 11) is 0. The highest BCUT2D eigenvalue weighted by atomic mass is 15.1. The van der Waals surface area contributed by atoms with Gasteiger partial charge in [-0.1, -0.05) is 151 Å². The molecule has 0 bridgehead atoms. The molecule has 0 aliphatic heterocycles. The van der Waals surface area contributed by atoms with Gasteiger partial charge in [-0.15, -0.1) is 0 Å². The van der Waals surface area contributed by atoms with Crippen LogP contribution in [0.5, 0.6) is 0 Å². The molecule has 11 rings (SSSR count). The minimum absolute atomic E-state index is 0.0732. The van der Waals surface area contributed by atoms with E-state index in [-0.39, 0.29) is 5.41 Å². The van der Waals surface area contributed by atoms with E-state index >= 15 is 0 Å². The minimum atomic E-state index is -0.0732. The third-order valence-electron chi connectivity index (χ3n) is 15.1. The Morgan fingerprint density at radius 2 is 1.11 bits per heavy atom. The topological polar surface area (TPSA) is 8.17 Å². The van der Waals surface area contributed by atoms with Crippen molar-refractivity contribution in [3.05, 3.63) is 179 Å². The molecule has 2 fully saturated rings. The summed E-state index contributed by atoms with van der Waals surface area (Å²) >= 11 is 0. The molecule has 0 radical (unpaired) electrons. The fraction of sp³-hybridized carbons (Fsp3) is 0.300. The summed E-state index contributed by atoms with van der Waals surface area (Å²) in [6.45, 7) is 7.04. The van der Waals surface area contributed by atoms with Gasteiger partial charge in [-0.25, -0.2) is 0 Å². The van der Waals surface area contributed by atoms with Crippen LogP contribution in [0, 0.1) is 0 Å². The number of nitrogens with zero attached hydrogens (tertiary/aromatic N) is 2. The lowest BCUT2D eigenvalue weighted by Crippen LogP contribution is -2.14. The zero-order valence-corrected chi connectivity index (χ0v) is 37.0. The maximum atomic E-state index is 2.53. The van der Waals surface area contributed by atoms with E-state index < -0.39 is 0 Å². The molecular formula is C60H60N2. The molecule has 3 aliphatic carbocycles. The number of benzene rings is 7.